The molecule has 2 aromatic rings. The first-order valence-corrected chi connectivity index (χ1v) is 7.78. The predicted molar refractivity (Wildman–Crippen MR) is 86.3 cm³/mol. The molecule has 0 radical (unpaired) electrons. The van der Waals surface area contributed by atoms with Crippen molar-refractivity contribution in [3.8, 4) is 0 Å². The molecule has 1 aromatic carbocycles. The Morgan fingerprint density at radius 3 is 2.95 bits per heavy atom. The van der Waals surface area contributed by atoms with Crippen LogP contribution in [0.1, 0.15) is 29.4 Å². The SMILES string of the molecule is CCn1nc(C)c(Cl)c1CN1CCc2c(N)cccc2C1. The number of benzene rings is 1. The average Bonchev–Trinajstić information content (AvgIpc) is 2.75. The van der Waals surface area contributed by atoms with E-state index in [0.29, 0.717) is 0 Å². The Morgan fingerprint density at radius 2 is 2.19 bits per heavy atom. The Kier molecular flexibility index (Phi) is 3.91. The first kappa shape index (κ1) is 14.4. The van der Waals surface area contributed by atoms with Gasteiger partial charge < -0.3 is 5.73 Å². The summed E-state index contributed by atoms with van der Waals surface area (Å²) in [5, 5.41) is 5.29. The molecule has 2 heterocycles. The van der Waals surface area contributed by atoms with Gasteiger partial charge in [-0.1, -0.05) is 23.7 Å². The van der Waals surface area contributed by atoms with E-state index in [4.69, 9.17) is 17.3 Å². The van der Waals surface area contributed by atoms with Crippen LogP contribution in [0.2, 0.25) is 5.02 Å². The second-order valence-corrected chi connectivity index (χ2v) is 5.99. The molecule has 0 aliphatic carbocycles. The number of fused-ring (bicyclic) bond motifs is 1. The fourth-order valence-electron chi connectivity index (χ4n) is 3.06. The van der Waals surface area contributed by atoms with Crippen molar-refractivity contribution >= 4 is 17.3 Å². The highest BCUT2D eigenvalue weighted by atomic mass is 35.5. The van der Waals surface area contributed by atoms with Crippen molar-refractivity contribution in [2.75, 3.05) is 12.3 Å². The first-order valence-electron chi connectivity index (χ1n) is 7.40. The van der Waals surface area contributed by atoms with Gasteiger partial charge in [0.05, 0.1) is 16.4 Å². The van der Waals surface area contributed by atoms with Crippen LogP contribution in [0.4, 0.5) is 5.69 Å². The number of aromatic nitrogens is 2. The van der Waals surface area contributed by atoms with Crippen molar-refractivity contribution < 1.29 is 0 Å². The first-order chi connectivity index (χ1) is 10.1. The van der Waals surface area contributed by atoms with E-state index in [1.165, 1.54) is 11.1 Å². The lowest BCUT2D eigenvalue weighted by molar-refractivity contribution is 0.238. The van der Waals surface area contributed by atoms with Crippen molar-refractivity contribution in [3.63, 3.8) is 0 Å². The molecule has 0 unspecified atom stereocenters. The molecule has 0 fully saturated rings. The lowest BCUT2D eigenvalue weighted by atomic mass is 9.98. The minimum Gasteiger partial charge on any atom is -0.398 e. The third-order valence-corrected chi connectivity index (χ3v) is 4.70. The fourth-order valence-corrected chi connectivity index (χ4v) is 3.26. The zero-order valence-corrected chi connectivity index (χ0v) is 13.3. The van der Waals surface area contributed by atoms with Crippen LogP contribution in [-0.4, -0.2) is 21.2 Å². The van der Waals surface area contributed by atoms with Gasteiger partial charge in [0.1, 0.15) is 0 Å². The van der Waals surface area contributed by atoms with E-state index in [9.17, 15) is 0 Å². The van der Waals surface area contributed by atoms with Gasteiger partial charge in [0.25, 0.3) is 0 Å². The smallest absolute Gasteiger partial charge is 0.0860 e. The molecule has 1 aromatic heterocycles. The van der Waals surface area contributed by atoms with Gasteiger partial charge in [-0.15, -0.1) is 0 Å². The molecule has 112 valence electrons. The summed E-state index contributed by atoms with van der Waals surface area (Å²) in [6.07, 6.45) is 0.999. The van der Waals surface area contributed by atoms with E-state index in [0.717, 1.165) is 54.7 Å². The number of hydrogen-bond acceptors (Lipinski definition) is 3. The van der Waals surface area contributed by atoms with Gasteiger partial charge >= 0.3 is 0 Å². The van der Waals surface area contributed by atoms with Crippen LogP contribution in [0, 0.1) is 6.92 Å². The summed E-state index contributed by atoms with van der Waals surface area (Å²) in [7, 11) is 0. The maximum Gasteiger partial charge on any atom is 0.0860 e. The molecule has 3 rings (SSSR count). The predicted octanol–water partition coefficient (Wildman–Crippen LogP) is 3.01. The Balaban J connectivity index is 1.82. The molecule has 0 bridgehead atoms. The number of aryl methyl sites for hydroxylation is 2. The molecule has 0 spiro atoms. The molecule has 1 aliphatic rings. The quantitative estimate of drug-likeness (QED) is 0.887. The maximum atomic E-state index is 6.41. The van der Waals surface area contributed by atoms with E-state index >= 15 is 0 Å². The molecular formula is C16H21ClN4. The van der Waals surface area contributed by atoms with Crippen LogP contribution in [0.15, 0.2) is 18.2 Å². The standard InChI is InChI=1S/C16H21ClN4/c1-3-21-15(16(17)11(2)19-21)10-20-8-7-13-12(9-20)5-4-6-14(13)18/h4-6H,3,7-10,18H2,1-2H3. The van der Waals surface area contributed by atoms with Crippen LogP contribution in [0.5, 0.6) is 0 Å². The van der Waals surface area contributed by atoms with Crippen LogP contribution in [-0.2, 0) is 26.1 Å². The van der Waals surface area contributed by atoms with Gasteiger partial charge in [0.15, 0.2) is 0 Å². The number of halogens is 1. The van der Waals surface area contributed by atoms with E-state index in [-0.39, 0.29) is 0 Å². The van der Waals surface area contributed by atoms with Gasteiger partial charge in [-0.2, -0.15) is 5.10 Å². The molecule has 4 nitrogen and oxygen atoms in total. The van der Waals surface area contributed by atoms with Crippen LogP contribution in [0.25, 0.3) is 0 Å². The molecule has 5 heteroatoms. The number of nitrogens with zero attached hydrogens (tertiary/aromatic N) is 3. The zero-order valence-electron chi connectivity index (χ0n) is 12.6. The number of anilines is 1. The van der Waals surface area contributed by atoms with Gasteiger partial charge in [0.2, 0.25) is 0 Å². The van der Waals surface area contributed by atoms with Crippen molar-refractivity contribution in [1.82, 2.24) is 14.7 Å². The van der Waals surface area contributed by atoms with E-state index in [1.54, 1.807) is 0 Å². The Bertz CT molecular complexity index is 663. The molecule has 1 aliphatic heterocycles. The summed E-state index contributed by atoms with van der Waals surface area (Å²) in [4.78, 5) is 2.41. The largest absolute Gasteiger partial charge is 0.398 e. The second-order valence-electron chi connectivity index (χ2n) is 5.61. The molecule has 0 atom stereocenters. The topological polar surface area (TPSA) is 47.1 Å². The minimum absolute atomic E-state index is 0.801. The third kappa shape index (κ3) is 2.65. The number of rotatable bonds is 3. The minimum atomic E-state index is 0.801. The molecule has 0 saturated heterocycles. The Labute approximate surface area is 130 Å². The summed E-state index contributed by atoms with van der Waals surface area (Å²) in [5.41, 5.74) is 11.6. The lowest BCUT2D eigenvalue weighted by Crippen LogP contribution is -2.31. The normalized spacial score (nSPS) is 15.2. The Morgan fingerprint density at radius 1 is 1.38 bits per heavy atom. The van der Waals surface area contributed by atoms with Gasteiger partial charge in [0, 0.05) is 31.9 Å². The van der Waals surface area contributed by atoms with E-state index in [2.05, 4.69) is 23.0 Å². The third-order valence-electron chi connectivity index (χ3n) is 4.21. The van der Waals surface area contributed by atoms with Crippen molar-refractivity contribution in [2.24, 2.45) is 0 Å². The average molecular weight is 305 g/mol. The summed E-state index contributed by atoms with van der Waals surface area (Å²) in [6.45, 7) is 7.67. The van der Waals surface area contributed by atoms with Crippen molar-refractivity contribution in [2.45, 2.75) is 39.9 Å². The highest BCUT2D eigenvalue weighted by Crippen LogP contribution is 2.27. The van der Waals surface area contributed by atoms with Crippen molar-refractivity contribution in [3.05, 3.63) is 45.7 Å². The van der Waals surface area contributed by atoms with Crippen LogP contribution in [0.3, 0.4) is 0 Å². The fraction of sp³-hybridized carbons (Fsp3) is 0.438. The monoisotopic (exact) mass is 304 g/mol. The summed E-state index contributed by atoms with van der Waals surface area (Å²) in [6, 6.07) is 6.19. The summed E-state index contributed by atoms with van der Waals surface area (Å²) in [5.74, 6) is 0. The second kappa shape index (κ2) is 5.70. The number of nitrogens with two attached hydrogens (primary N) is 1. The molecule has 0 saturated carbocycles. The molecule has 21 heavy (non-hydrogen) atoms. The summed E-state index contributed by atoms with van der Waals surface area (Å²) >= 11 is 6.41. The van der Waals surface area contributed by atoms with E-state index in [1.807, 2.05) is 23.7 Å². The number of nitrogen functional groups attached to an aromatic ring is 1. The van der Waals surface area contributed by atoms with E-state index < -0.39 is 0 Å². The maximum absolute atomic E-state index is 6.41. The molecule has 0 amide bonds. The lowest BCUT2D eigenvalue weighted by Gasteiger charge is -2.29. The van der Waals surface area contributed by atoms with Gasteiger partial charge in [-0.05, 0) is 37.5 Å². The number of hydrogen-bond donors (Lipinski definition) is 1. The van der Waals surface area contributed by atoms with Crippen LogP contribution >= 0.6 is 11.6 Å². The van der Waals surface area contributed by atoms with Gasteiger partial charge in [-0.25, -0.2) is 0 Å². The van der Waals surface area contributed by atoms with Crippen molar-refractivity contribution in [1.29, 1.82) is 0 Å². The highest BCUT2D eigenvalue weighted by Gasteiger charge is 2.21. The highest BCUT2D eigenvalue weighted by molar-refractivity contribution is 6.31. The Hall–Kier alpha value is -1.52. The summed E-state index contributed by atoms with van der Waals surface area (Å²) < 4.78 is 2.01. The van der Waals surface area contributed by atoms with Gasteiger partial charge in [-0.3, -0.25) is 9.58 Å². The van der Waals surface area contributed by atoms with Crippen LogP contribution < -0.4 is 5.73 Å². The molecular weight excluding hydrogens is 284 g/mol. The molecule has 2 N–H and O–H groups in total. The zero-order chi connectivity index (χ0) is 15.0.